The molecule has 0 fully saturated rings. The number of benzene rings is 1. The molecule has 20 heavy (non-hydrogen) atoms. The number of rotatable bonds is 6. The molecule has 0 aromatic heterocycles. The quantitative estimate of drug-likeness (QED) is 0.864. The minimum Gasteiger partial charge on any atom is -0.337 e. The number of carbonyl (C=O) groups is 1. The van der Waals surface area contributed by atoms with Crippen molar-refractivity contribution in [2.75, 3.05) is 6.54 Å². The number of nitrogens with two attached hydrogens (primary N) is 1. The molecule has 0 aliphatic carbocycles. The van der Waals surface area contributed by atoms with Gasteiger partial charge in [0.25, 0.3) is 0 Å². The first kappa shape index (κ1) is 16.2. The molecule has 0 saturated carbocycles. The second kappa shape index (κ2) is 7.66. The third-order valence-corrected chi connectivity index (χ3v) is 3.73. The average Bonchev–Trinajstić information content (AvgIpc) is 2.50. The molecule has 1 aromatic rings. The smallest absolute Gasteiger partial charge is 0.240 e. The van der Waals surface area contributed by atoms with Crippen molar-refractivity contribution in [1.82, 2.24) is 4.90 Å². The lowest BCUT2D eigenvalue weighted by Gasteiger charge is -2.27. The van der Waals surface area contributed by atoms with Gasteiger partial charge in [-0.3, -0.25) is 4.79 Å². The molecule has 1 amide bonds. The van der Waals surface area contributed by atoms with Gasteiger partial charge in [0.2, 0.25) is 5.91 Å². The molecule has 4 nitrogen and oxygen atoms in total. The maximum atomic E-state index is 12.4. The third kappa shape index (κ3) is 3.82. The fraction of sp³-hybridized carbons (Fsp3) is 0.500. The highest BCUT2D eigenvalue weighted by Gasteiger charge is 2.24. The van der Waals surface area contributed by atoms with Crippen molar-refractivity contribution in [3.05, 3.63) is 35.4 Å². The van der Waals surface area contributed by atoms with Gasteiger partial charge in [-0.25, -0.2) is 0 Å². The minimum absolute atomic E-state index is 0.0467. The van der Waals surface area contributed by atoms with E-state index in [0.29, 0.717) is 18.7 Å². The van der Waals surface area contributed by atoms with E-state index in [0.717, 1.165) is 12.0 Å². The summed E-state index contributed by atoms with van der Waals surface area (Å²) >= 11 is 0. The molecule has 0 unspecified atom stereocenters. The molecule has 1 aromatic carbocycles. The number of nitrogens with zero attached hydrogens (tertiary/aromatic N) is 2. The molecule has 2 N–H and O–H groups in total. The zero-order valence-electron chi connectivity index (χ0n) is 12.5. The molecule has 0 saturated heterocycles. The van der Waals surface area contributed by atoms with Crippen LogP contribution in [0.15, 0.2) is 24.3 Å². The van der Waals surface area contributed by atoms with Gasteiger partial charge in [-0.2, -0.15) is 5.26 Å². The summed E-state index contributed by atoms with van der Waals surface area (Å²) in [5.41, 5.74) is 7.49. The SMILES string of the molecule is CC[C@H](C)[C@H](N)C(=O)N(CC)Cc1ccccc1C#N. The van der Waals surface area contributed by atoms with Crippen LogP contribution in [0.1, 0.15) is 38.3 Å². The number of carbonyl (C=O) groups excluding carboxylic acids is 1. The predicted octanol–water partition coefficient (Wildman–Crippen LogP) is 2.28. The second-order valence-electron chi connectivity index (χ2n) is 5.03. The minimum atomic E-state index is -0.478. The van der Waals surface area contributed by atoms with Crippen molar-refractivity contribution < 1.29 is 4.79 Å². The van der Waals surface area contributed by atoms with Crippen LogP contribution in [0.3, 0.4) is 0 Å². The number of amides is 1. The van der Waals surface area contributed by atoms with Gasteiger partial charge in [0, 0.05) is 13.1 Å². The van der Waals surface area contributed by atoms with Crippen LogP contribution in [0, 0.1) is 17.2 Å². The Morgan fingerprint density at radius 3 is 2.60 bits per heavy atom. The molecule has 108 valence electrons. The van der Waals surface area contributed by atoms with Gasteiger partial charge in [0.1, 0.15) is 0 Å². The lowest BCUT2D eigenvalue weighted by molar-refractivity contribution is -0.134. The Hall–Kier alpha value is -1.86. The number of nitriles is 1. The van der Waals surface area contributed by atoms with E-state index in [-0.39, 0.29) is 11.8 Å². The fourth-order valence-corrected chi connectivity index (χ4v) is 2.03. The molecule has 2 atom stereocenters. The molecule has 0 radical (unpaired) electrons. The van der Waals surface area contributed by atoms with E-state index < -0.39 is 6.04 Å². The van der Waals surface area contributed by atoms with Crippen molar-refractivity contribution in [3.63, 3.8) is 0 Å². The second-order valence-corrected chi connectivity index (χ2v) is 5.03. The van der Waals surface area contributed by atoms with E-state index in [4.69, 9.17) is 11.0 Å². The largest absolute Gasteiger partial charge is 0.337 e. The van der Waals surface area contributed by atoms with Crippen LogP contribution in [-0.4, -0.2) is 23.4 Å². The van der Waals surface area contributed by atoms with Gasteiger partial charge in [0.05, 0.1) is 17.7 Å². The molecule has 0 heterocycles. The summed E-state index contributed by atoms with van der Waals surface area (Å²) in [6, 6.07) is 9.03. The van der Waals surface area contributed by atoms with Crippen LogP contribution < -0.4 is 5.73 Å². The summed E-state index contributed by atoms with van der Waals surface area (Å²) in [6.07, 6.45) is 0.874. The number of hydrogen-bond donors (Lipinski definition) is 1. The Balaban J connectivity index is 2.87. The van der Waals surface area contributed by atoms with Gasteiger partial charge < -0.3 is 10.6 Å². The topological polar surface area (TPSA) is 70.1 Å². The first-order valence-corrected chi connectivity index (χ1v) is 7.07. The summed E-state index contributed by atoms with van der Waals surface area (Å²) in [7, 11) is 0. The Morgan fingerprint density at radius 2 is 2.05 bits per heavy atom. The molecule has 0 bridgehead atoms. The first-order valence-electron chi connectivity index (χ1n) is 7.07. The van der Waals surface area contributed by atoms with Gasteiger partial charge in [-0.15, -0.1) is 0 Å². The van der Waals surface area contributed by atoms with Gasteiger partial charge in [-0.1, -0.05) is 38.5 Å². The summed E-state index contributed by atoms with van der Waals surface area (Å²) in [5.74, 6) is 0.109. The van der Waals surface area contributed by atoms with E-state index in [1.807, 2.05) is 39.0 Å². The van der Waals surface area contributed by atoms with E-state index in [1.165, 1.54) is 0 Å². The van der Waals surface area contributed by atoms with Crippen molar-refractivity contribution in [2.24, 2.45) is 11.7 Å². The molecule has 0 spiro atoms. The maximum absolute atomic E-state index is 12.4. The van der Waals surface area contributed by atoms with Crippen LogP contribution in [0.5, 0.6) is 0 Å². The first-order chi connectivity index (χ1) is 9.54. The van der Waals surface area contributed by atoms with E-state index in [1.54, 1.807) is 11.0 Å². The molecule has 0 aliphatic heterocycles. The van der Waals surface area contributed by atoms with Crippen LogP contribution in [0.4, 0.5) is 0 Å². The van der Waals surface area contributed by atoms with Crippen LogP contribution in [-0.2, 0) is 11.3 Å². The van der Waals surface area contributed by atoms with Crippen molar-refractivity contribution in [1.29, 1.82) is 5.26 Å². The van der Waals surface area contributed by atoms with Gasteiger partial charge in [0.15, 0.2) is 0 Å². The highest BCUT2D eigenvalue weighted by Crippen LogP contribution is 2.14. The molecular weight excluding hydrogens is 250 g/mol. The number of hydrogen-bond acceptors (Lipinski definition) is 3. The highest BCUT2D eigenvalue weighted by atomic mass is 16.2. The Morgan fingerprint density at radius 1 is 1.40 bits per heavy atom. The molecule has 4 heteroatoms. The normalized spacial score (nSPS) is 13.3. The van der Waals surface area contributed by atoms with Gasteiger partial charge in [-0.05, 0) is 24.5 Å². The summed E-state index contributed by atoms with van der Waals surface area (Å²) < 4.78 is 0. The van der Waals surface area contributed by atoms with Gasteiger partial charge >= 0.3 is 0 Å². The standard InChI is InChI=1S/C16H23N3O/c1-4-12(3)15(18)16(20)19(5-2)11-14-9-7-6-8-13(14)10-17/h6-9,12,15H,4-5,11,18H2,1-3H3/t12-,15-/m0/s1. The zero-order valence-corrected chi connectivity index (χ0v) is 12.5. The lowest BCUT2D eigenvalue weighted by atomic mass is 9.98. The number of likely N-dealkylation sites (N-methyl/N-ethyl adjacent to an activating group) is 1. The Labute approximate surface area is 121 Å². The van der Waals surface area contributed by atoms with Crippen molar-refractivity contribution >= 4 is 5.91 Å². The molecule has 0 aliphatic rings. The summed E-state index contributed by atoms with van der Waals surface area (Å²) in [6.45, 7) is 6.96. The summed E-state index contributed by atoms with van der Waals surface area (Å²) in [4.78, 5) is 14.1. The molecule has 1 rings (SSSR count). The van der Waals surface area contributed by atoms with E-state index in [2.05, 4.69) is 6.07 Å². The van der Waals surface area contributed by atoms with Crippen LogP contribution in [0.25, 0.3) is 0 Å². The predicted molar refractivity (Wildman–Crippen MR) is 79.7 cm³/mol. The highest BCUT2D eigenvalue weighted by molar-refractivity contribution is 5.82. The lowest BCUT2D eigenvalue weighted by Crippen LogP contribution is -2.46. The summed E-state index contributed by atoms with van der Waals surface area (Å²) in [5, 5.41) is 9.10. The maximum Gasteiger partial charge on any atom is 0.240 e. The third-order valence-electron chi connectivity index (χ3n) is 3.73. The van der Waals surface area contributed by atoms with Crippen LogP contribution in [0.2, 0.25) is 0 Å². The average molecular weight is 273 g/mol. The fourth-order valence-electron chi connectivity index (χ4n) is 2.03. The van der Waals surface area contributed by atoms with Crippen LogP contribution >= 0.6 is 0 Å². The van der Waals surface area contributed by atoms with Crippen molar-refractivity contribution in [3.8, 4) is 6.07 Å². The monoisotopic (exact) mass is 273 g/mol. The molecular formula is C16H23N3O. The van der Waals surface area contributed by atoms with Crippen molar-refractivity contribution in [2.45, 2.75) is 39.8 Å². The van der Waals surface area contributed by atoms with E-state index in [9.17, 15) is 4.79 Å². The Kier molecular flexibility index (Phi) is 6.20. The van der Waals surface area contributed by atoms with E-state index >= 15 is 0 Å². The zero-order chi connectivity index (χ0) is 15.1. The Bertz CT molecular complexity index is 493.